The fourth-order valence-corrected chi connectivity index (χ4v) is 2.88. The summed E-state index contributed by atoms with van der Waals surface area (Å²) in [4.78, 5) is 36.6. The minimum Gasteiger partial charge on any atom is -0.469 e. The summed E-state index contributed by atoms with van der Waals surface area (Å²) >= 11 is 0. The molecule has 24 heavy (non-hydrogen) atoms. The molecule has 0 aromatic heterocycles. The largest absolute Gasteiger partial charge is 0.469 e. The van der Waals surface area contributed by atoms with Crippen LogP contribution in [0.15, 0.2) is 18.2 Å². The van der Waals surface area contributed by atoms with E-state index in [0.29, 0.717) is 13.1 Å². The van der Waals surface area contributed by atoms with Gasteiger partial charge in [-0.25, -0.2) is 0 Å². The van der Waals surface area contributed by atoms with Crippen molar-refractivity contribution in [3.8, 4) is 0 Å². The molecular weight excluding hydrogens is 310 g/mol. The lowest BCUT2D eigenvalue weighted by Gasteiger charge is -2.30. The standard InChI is InChI=1S/C17H23N3O4/c1-11-4-5-13(12(2)8-11)19-15(21)10-20-7-6-18-17(23)14(20)9-16(22)24-3/h4-5,8,14H,6-7,9-10H2,1-3H3,(H,18,23)(H,19,21)/p+1/t14-/m1/s1. The topological polar surface area (TPSA) is 88.9 Å². The predicted molar refractivity (Wildman–Crippen MR) is 88.7 cm³/mol. The first-order valence-electron chi connectivity index (χ1n) is 7.97. The van der Waals surface area contributed by atoms with Gasteiger partial charge in [-0.2, -0.15) is 0 Å². The molecule has 0 radical (unpaired) electrons. The minimum atomic E-state index is -0.601. The first-order chi connectivity index (χ1) is 11.4. The highest BCUT2D eigenvalue weighted by Gasteiger charge is 2.36. The van der Waals surface area contributed by atoms with Crippen molar-refractivity contribution in [1.82, 2.24) is 5.32 Å². The van der Waals surface area contributed by atoms with Crippen LogP contribution in [-0.2, 0) is 19.1 Å². The van der Waals surface area contributed by atoms with E-state index in [1.54, 1.807) is 0 Å². The van der Waals surface area contributed by atoms with Crippen molar-refractivity contribution in [2.45, 2.75) is 26.3 Å². The van der Waals surface area contributed by atoms with E-state index in [0.717, 1.165) is 21.7 Å². The van der Waals surface area contributed by atoms with Crippen LogP contribution in [0.2, 0.25) is 0 Å². The Hall–Kier alpha value is -2.41. The number of piperazine rings is 1. The molecular formula is C17H24N3O4+. The van der Waals surface area contributed by atoms with Gasteiger partial charge >= 0.3 is 5.97 Å². The second kappa shape index (κ2) is 7.92. The van der Waals surface area contributed by atoms with Gasteiger partial charge in [-0.15, -0.1) is 0 Å². The van der Waals surface area contributed by atoms with Crippen LogP contribution < -0.4 is 15.5 Å². The SMILES string of the molecule is COC(=O)C[C@@H]1C(=O)NCC[NH+]1CC(=O)Nc1ccc(C)cc1C. The minimum absolute atomic E-state index is 0.0332. The summed E-state index contributed by atoms with van der Waals surface area (Å²) in [5.74, 6) is -0.855. The lowest BCUT2D eigenvalue weighted by atomic mass is 10.1. The molecule has 2 amide bonds. The summed E-state index contributed by atoms with van der Waals surface area (Å²) in [6.45, 7) is 5.13. The Labute approximate surface area is 141 Å². The summed E-state index contributed by atoms with van der Waals surface area (Å²) in [6.07, 6.45) is -0.0332. The number of aryl methyl sites for hydroxylation is 2. The molecule has 130 valence electrons. The maximum Gasteiger partial charge on any atom is 0.312 e. The number of amides is 2. The van der Waals surface area contributed by atoms with Crippen LogP contribution >= 0.6 is 0 Å². The maximum atomic E-state index is 12.3. The van der Waals surface area contributed by atoms with E-state index in [2.05, 4.69) is 15.4 Å². The summed E-state index contributed by atoms with van der Waals surface area (Å²) in [7, 11) is 1.29. The number of hydrogen-bond donors (Lipinski definition) is 3. The molecule has 7 nitrogen and oxygen atoms in total. The number of ether oxygens (including phenoxy) is 1. The Balaban J connectivity index is 2.02. The van der Waals surface area contributed by atoms with Gasteiger partial charge in [0.25, 0.3) is 11.8 Å². The van der Waals surface area contributed by atoms with Crippen molar-refractivity contribution < 1.29 is 24.0 Å². The summed E-state index contributed by atoms with van der Waals surface area (Å²) in [5, 5.41) is 5.61. The van der Waals surface area contributed by atoms with Gasteiger partial charge in [0.2, 0.25) is 0 Å². The highest BCUT2D eigenvalue weighted by atomic mass is 16.5. The van der Waals surface area contributed by atoms with Gasteiger partial charge < -0.3 is 20.3 Å². The highest BCUT2D eigenvalue weighted by molar-refractivity contribution is 5.92. The molecule has 1 saturated heterocycles. The number of benzene rings is 1. The van der Waals surface area contributed by atoms with E-state index in [9.17, 15) is 14.4 Å². The normalized spacial score (nSPS) is 20.2. The van der Waals surface area contributed by atoms with E-state index in [-0.39, 0.29) is 24.8 Å². The van der Waals surface area contributed by atoms with Crippen LogP contribution in [0, 0.1) is 13.8 Å². The Morgan fingerprint density at radius 3 is 2.79 bits per heavy atom. The fraction of sp³-hybridized carbons (Fsp3) is 0.471. The molecule has 1 fully saturated rings. The van der Waals surface area contributed by atoms with E-state index >= 15 is 0 Å². The quantitative estimate of drug-likeness (QED) is 0.615. The highest BCUT2D eigenvalue weighted by Crippen LogP contribution is 2.15. The lowest BCUT2D eigenvalue weighted by Crippen LogP contribution is -3.20. The molecule has 0 bridgehead atoms. The fourth-order valence-electron chi connectivity index (χ4n) is 2.88. The van der Waals surface area contributed by atoms with Crippen molar-refractivity contribution in [3.05, 3.63) is 29.3 Å². The number of hydrogen-bond acceptors (Lipinski definition) is 4. The first-order valence-corrected chi connectivity index (χ1v) is 7.97. The van der Waals surface area contributed by atoms with Gasteiger partial charge in [0.05, 0.1) is 20.2 Å². The number of methoxy groups -OCH3 is 1. The van der Waals surface area contributed by atoms with E-state index < -0.39 is 12.0 Å². The number of nitrogens with one attached hydrogen (secondary N) is 3. The molecule has 2 rings (SSSR count). The van der Waals surface area contributed by atoms with Crippen molar-refractivity contribution in [3.63, 3.8) is 0 Å². The molecule has 0 spiro atoms. The van der Waals surface area contributed by atoms with Gasteiger partial charge in [0, 0.05) is 5.69 Å². The van der Waals surface area contributed by atoms with Crippen LogP contribution in [0.1, 0.15) is 17.5 Å². The zero-order valence-corrected chi connectivity index (χ0v) is 14.3. The van der Waals surface area contributed by atoms with E-state index in [4.69, 9.17) is 0 Å². The molecule has 1 unspecified atom stereocenters. The number of quaternary nitrogens is 1. The van der Waals surface area contributed by atoms with Crippen LogP contribution in [-0.4, -0.2) is 50.6 Å². The Morgan fingerprint density at radius 1 is 1.38 bits per heavy atom. The van der Waals surface area contributed by atoms with Gasteiger partial charge in [-0.3, -0.25) is 14.4 Å². The van der Waals surface area contributed by atoms with Crippen molar-refractivity contribution in [1.29, 1.82) is 0 Å². The summed E-state index contributed by atoms with van der Waals surface area (Å²) in [6, 6.07) is 5.20. The maximum absolute atomic E-state index is 12.3. The van der Waals surface area contributed by atoms with E-state index in [1.165, 1.54) is 7.11 Å². The molecule has 7 heteroatoms. The van der Waals surface area contributed by atoms with Crippen LogP contribution in [0.4, 0.5) is 5.69 Å². The second-order valence-electron chi connectivity index (χ2n) is 6.08. The molecule has 1 aromatic rings. The zero-order chi connectivity index (χ0) is 17.7. The number of carbonyl (C=O) groups is 3. The molecule has 3 N–H and O–H groups in total. The summed E-state index contributed by atoms with van der Waals surface area (Å²) < 4.78 is 4.64. The van der Waals surface area contributed by atoms with Crippen LogP contribution in [0.25, 0.3) is 0 Å². The number of esters is 1. The molecule has 1 heterocycles. The van der Waals surface area contributed by atoms with Gasteiger partial charge in [0.15, 0.2) is 12.6 Å². The van der Waals surface area contributed by atoms with E-state index in [1.807, 2.05) is 32.0 Å². The Kier molecular flexibility index (Phi) is 5.92. The number of anilines is 1. The number of rotatable bonds is 5. The van der Waals surface area contributed by atoms with Crippen LogP contribution in [0.3, 0.4) is 0 Å². The smallest absolute Gasteiger partial charge is 0.312 e. The average molecular weight is 334 g/mol. The molecule has 1 aromatic carbocycles. The molecule has 0 saturated carbocycles. The van der Waals surface area contributed by atoms with Gasteiger partial charge in [0.1, 0.15) is 6.42 Å². The van der Waals surface area contributed by atoms with Gasteiger partial charge in [-0.1, -0.05) is 17.7 Å². The predicted octanol–water partition coefficient (Wildman–Crippen LogP) is -0.812. The molecule has 1 aliphatic rings. The third-order valence-electron chi connectivity index (χ3n) is 4.20. The van der Waals surface area contributed by atoms with Gasteiger partial charge in [-0.05, 0) is 25.5 Å². The van der Waals surface area contributed by atoms with Crippen LogP contribution in [0.5, 0.6) is 0 Å². The Bertz CT molecular complexity index is 645. The number of carbonyl (C=O) groups excluding carboxylic acids is 3. The van der Waals surface area contributed by atoms with Crippen molar-refractivity contribution in [2.24, 2.45) is 0 Å². The zero-order valence-electron chi connectivity index (χ0n) is 14.3. The van der Waals surface area contributed by atoms with Crippen molar-refractivity contribution >= 4 is 23.5 Å². The second-order valence-corrected chi connectivity index (χ2v) is 6.08. The third-order valence-corrected chi connectivity index (χ3v) is 4.20. The molecule has 1 aliphatic heterocycles. The van der Waals surface area contributed by atoms with Crippen molar-refractivity contribution in [2.75, 3.05) is 32.1 Å². The average Bonchev–Trinajstić information content (AvgIpc) is 2.53. The summed E-state index contributed by atoms with van der Waals surface area (Å²) in [5.41, 5.74) is 2.87. The Morgan fingerprint density at radius 2 is 2.12 bits per heavy atom. The molecule has 0 aliphatic carbocycles. The lowest BCUT2D eigenvalue weighted by molar-refractivity contribution is -0.909. The third kappa shape index (κ3) is 4.55. The monoisotopic (exact) mass is 334 g/mol. The molecule has 2 atom stereocenters. The first kappa shape index (κ1) is 17.9.